The van der Waals surface area contributed by atoms with Crippen LogP contribution in [0.4, 0.5) is 0 Å². The van der Waals surface area contributed by atoms with Crippen molar-refractivity contribution in [2.24, 2.45) is 0 Å². The fourth-order valence-electron chi connectivity index (χ4n) is 0.240. The van der Waals surface area contributed by atoms with Gasteiger partial charge in [0.1, 0.15) is 0 Å². The number of rotatable bonds is 3. The monoisotopic (exact) mass is 157 g/mol. The van der Waals surface area contributed by atoms with Crippen LogP contribution in [0.2, 0.25) is 0 Å². The van der Waals surface area contributed by atoms with Gasteiger partial charge in [0.2, 0.25) is 5.91 Å². The normalized spacial score (nSPS) is 10.3. The molecule has 10 heavy (non-hydrogen) atoms. The van der Waals surface area contributed by atoms with E-state index >= 15 is 0 Å². The van der Waals surface area contributed by atoms with E-state index in [1.54, 1.807) is 0 Å². The smallest absolute Gasteiger partial charge is 0.549 e. The van der Waals surface area contributed by atoms with Gasteiger partial charge in [-0.15, -0.1) is 0 Å². The minimum atomic E-state index is -2.14. The Labute approximate surface area is 80.3 Å². The van der Waals surface area contributed by atoms with Gasteiger partial charge in [-0.3, -0.25) is 5.32 Å². The summed E-state index contributed by atoms with van der Waals surface area (Å²) in [6.45, 7) is 0.430. The molecule has 0 radical (unpaired) electrons. The van der Waals surface area contributed by atoms with E-state index in [0.717, 1.165) is 6.92 Å². The van der Waals surface area contributed by atoms with Gasteiger partial charge in [0, 0.05) is 13.5 Å². The van der Waals surface area contributed by atoms with Gasteiger partial charge in [0.05, 0.1) is 5.97 Å². The fraction of sp³-hybridized carbons (Fsp3) is 0.750. The van der Waals surface area contributed by atoms with E-state index in [9.17, 15) is 9.90 Å². The molecule has 0 aromatic carbocycles. The Hall–Kier alpha value is 0.350. The SMILES string of the molecule is CC(O)(O)NCC(=O)[O-].[Na+]. The molecule has 54 valence electrons. The van der Waals surface area contributed by atoms with Crippen LogP contribution in [-0.2, 0) is 4.79 Å². The number of nitrogens with one attached hydrogen (secondary N) is 1. The maximum Gasteiger partial charge on any atom is 1.00 e. The van der Waals surface area contributed by atoms with Gasteiger partial charge < -0.3 is 20.1 Å². The summed E-state index contributed by atoms with van der Waals surface area (Å²) in [4.78, 5) is 9.65. The first-order valence-electron chi connectivity index (χ1n) is 2.31. The minimum absolute atomic E-state index is 0. The number of aliphatic carboxylic acids is 1. The zero-order chi connectivity index (χ0) is 7.49. The van der Waals surface area contributed by atoms with Crippen molar-refractivity contribution in [3.63, 3.8) is 0 Å². The van der Waals surface area contributed by atoms with Gasteiger partial charge in [0.25, 0.3) is 0 Å². The molecule has 0 atom stereocenters. The molecule has 6 heteroatoms. The summed E-state index contributed by atoms with van der Waals surface area (Å²) < 4.78 is 0. The standard InChI is InChI=1S/C4H9NO4.Na/c1-4(8,9)5-2-3(6)7;/h5,8-9H,2H2,1H3,(H,6,7);/q;+1/p-1. The van der Waals surface area contributed by atoms with Crippen LogP contribution in [0.25, 0.3) is 0 Å². The topological polar surface area (TPSA) is 92.6 Å². The molecule has 0 aromatic heterocycles. The van der Waals surface area contributed by atoms with Crippen molar-refractivity contribution in [1.29, 1.82) is 0 Å². The summed E-state index contributed by atoms with van der Waals surface area (Å²) in [5.41, 5.74) is 0. The van der Waals surface area contributed by atoms with Crippen molar-refractivity contribution in [2.45, 2.75) is 12.8 Å². The van der Waals surface area contributed by atoms with E-state index in [1.807, 2.05) is 5.32 Å². The van der Waals surface area contributed by atoms with Crippen molar-refractivity contribution in [2.75, 3.05) is 6.54 Å². The Balaban J connectivity index is 0. The van der Waals surface area contributed by atoms with Gasteiger partial charge in [-0.25, -0.2) is 0 Å². The molecular formula is C4H8NNaO4. The van der Waals surface area contributed by atoms with Gasteiger partial charge in [-0.05, 0) is 0 Å². The number of aliphatic hydroxyl groups is 2. The van der Waals surface area contributed by atoms with Gasteiger partial charge in [-0.2, -0.15) is 0 Å². The van der Waals surface area contributed by atoms with Crippen molar-refractivity contribution in [3.8, 4) is 0 Å². The van der Waals surface area contributed by atoms with Gasteiger partial charge >= 0.3 is 29.6 Å². The molecule has 0 saturated heterocycles. The average molecular weight is 157 g/mol. The molecule has 0 aliphatic rings. The molecular weight excluding hydrogens is 149 g/mol. The number of hydrogen-bond donors (Lipinski definition) is 3. The number of carboxylic acid groups (broad SMARTS) is 1. The Morgan fingerprint density at radius 1 is 1.70 bits per heavy atom. The molecule has 0 unspecified atom stereocenters. The van der Waals surface area contributed by atoms with E-state index in [4.69, 9.17) is 10.2 Å². The van der Waals surface area contributed by atoms with Crippen LogP contribution in [-0.4, -0.2) is 28.6 Å². The molecule has 0 bridgehead atoms. The number of hydrogen-bond acceptors (Lipinski definition) is 5. The van der Waals surface area contributed by atoms with E-state index in [0.29, 0.717) is 0 Å². The molecule has 0 amide bonds. The minimum Gasteiger partial charge on any atom is -0.549 e. The third-order valence-corrected chi connectivity index (χ3v) is 0.568. The van der Waals surface area contributed by atoms with Crippen LogP contribution in [0.3, 0.4) is 0 Å². The Morgan fingerprint density at radius 3 is 2.20 bits per heavy atom. The molecule has 0 aliphatic carbocycles. The van der Waals surface area contributed by atoms with E-state index in [-0.39, 0.29) is 29.6 Å². The van der Waals surface area contributed by atoms with Crippen molar-refractivity contribution in [3.05, 3.63) is 0 Å². The van der Waals surface area contributed by atoms with Crippen molar-refractivity contribution >= 4 is 5.97 Å². The van der Waals surface area contributed by atoms with E-state index < -0.39 is 18.4 Å². The second-order valence-electron chi connectivity index (χ2n) is 1.75. The Kier molecular flexibility index (Phi) is 6.57. The summed E-state index contributed by atoms with van der Waals surface area (Å²) in [5.74, 6) is -3.52. The fourth-order valence-corrected chi connectivity index (χ4v) is 0.240. The summed E-state index contributed by atoms with van der Waals surface area (Å²) in [6, 6.07) is 0. The van der Waals surface area contributed by atoms with Crippen molar-refractivity contribution in [1.82, 2.24) is 5.32 Å². The maximum atomic E-state index is 9.65. The van der Waals surface area contributed by atoms with Crippen LogP contribution < -0.4 is 40.0 Å². The molecule has 0 fully saturated rings. The molecule has 5 nitrogen and oxygen atoms in total. The van der Waals surface area contributed by atoms with E-state index in [2.05, 4.69) is 0 Å². The molecule has 0 rings (SSSR count). The third kappa shape index (κ3) is 11.2. The zero-order valence-corrected chi connectivity index (χ0v) is 7.92. The molecule has 0 aromatic rings. The molecule has 3 N–H and O–H groups in total. The zero-order valence-electron chi connectivity index (χ0n) is 5.92. The van der Waals surface area contributed by atoms with Crippen LogP contribution in [0.1, 0.15) is 6.92 Å². The van der Waals surface area contributed by atoms with Crippen LogP contribution >= 0.6 is 0 Å². The van der Waals surface area contributed by atoms with E-state index in [1.165, 1.54) is 0 Å². The largest absolute Gasteiger partial charge is 1.00 e. The molecule has 0 heterocycles. The van der Waals surface area contributed by atoms with Gasteiger partial charge in [-0.1, -0.05) is 0 Å². The summed E-state index contributed by atoms with van der Waals surface area (Å²) in [7, 11) is 0. The Bertz CT molecular complexity index is 110. The molecule has 0 saturated carbocycles. The number of carbonyl (C=O) groups is 1. The molecule has 0 spiro atoms. The summed E-state index contributed by atoms with van der Waals surface area (Å²) >= 11 is 0. The summed E-state index contributed by atoms with van der Waals surface area (Å²) in [6.07, 6.45) is 0. The van der Waals surface area contributed by atoms with Crippen LogP contribution in [0.5, 0.6) is 0 Å². The van der Waals surface area contributed by atoms with Gasteiger partial charge in [0.15, 0.2) is 0 Å². The Morgan fingerprint density at radius 2 is 2.10 bits per heavy atom. The molecule has 0 aliphatic heterocycles. The second-order valence-corrected chi connectivity index (χ2v) is 1.75. The summed E-state index contributed by atoms with van der Waals surface area (Å²) in [5, 5.41) is 28.4. The average Bonchev–Trinajstić information content (AvgIpc) is 1.59. The quantitative estimate of drug-likeness (QED) is 0.280. The first-order chi connectivity index (χ1) is 3.92. The first-order valence-corrected chi connectivity index (χ1v) is 2.31. The maximum absolute atomic E-state index is 9.65. The predicted octanol–water partition coefficient (Wildman–Crippen LogP) is -6.01. The second kappa shape index (κ2) is 5.06. The van der Waals surface area contributed by atoms with Crippen LogP contribution in [0.15, 0.2) is 0 Å². The number of carboxylic acids is 1. The third-order valence-electron chi connectivity index (χ3n) is 0.568. The first kappa shape index (κ1) is 13.0. The number of carbonyl (C=O) groups excluding carboxylic acids is 1. The van der Waals surface area contributed by atoms with Crippen molar-refractivity contribution < 1.29 is 49.7 Å². The predicted molar refractivity (Wildman–Crippen MR) is 25.9 cm³/mol. The van der Waals surface area contributed by atoms with Crippen LogP contribution in [0, 0.1) is 0 Å².